The Morgan fingerprint density at radius 2 is 2.12 bits per heavy atom. The van der Waals surface area contributed by atoms with Crippen molar-refractivity contribution in [1.29, 1.82) is 0 Å². The van der Waals surface area contributed by atoms with Crippen LogP contribution in [0.5, 0.6) is 5.88 Å². The van der Waals surface area contributed by atoms with E-state index in [2.05, 4.69) is 33.8 Å². The lowest BCUT2D eigenvalue weighted by atomic mass is 10.1. The van der Waals surface area contributed by atoms with Crippen molar-refractivity contribution >= 4 is 22.8 Å². The van der Waals surface area contributed by atoms with Crippen LogP contribution < -0.4 is 4.74 Å². The van der Waals surface area contributed by atoms with E-state index < -0.39 is 0 Å². The lowest BCUT2D eigenvalue weighted by Gasteiger charge is -2.15. The molecular formula is C11H15ClN4O. The van der Waals surface area contributed by atoms with Gasteiger partial charge >= 0.3 is 0 Å². The first-order chi connectivity index (χ1) is 8.06. The summed E-state index contributed by atoms with van der Waals surface area (Å²) in [6.45, 7) is 6.31. The Hall–Kier alpha value is -1.36. The van der Waals surface area contributed by atoms with Gasteiger partial charge in [0.25, 0.3) is 0 Å². The molecule has 0 aliphatic heterocycles. The molecular weight excluding hydrogens is 240 g/mol. The predicted octanol–water partition coefficient (Wildman–Crippen LogP) is 2.82. The van der Waals surface area contributed by atoms with Gasteiger partial charge in [0.2, 0.25) is 11.2 Å². The second kappa shape index (κ2) is 4.87. The predicted molar refractivity (Wildman–Crippen MR) is 66.2 cm³/mol. The van der Waals surface area contributed by atoms with Crippen molar-refractivity contribution in [3.63, 3.8) is 0 Å². The molecule has 92 valence electrons. The number of nitrogens with zero attached hydrogens (tertiary/aromatic N) is 3. The smallest absolute Gasteiger partial charge is 0.244 e. The van der Waals surface area contributed by atoms with Gasteiger partial charge in [-0.3, -0.25) is 0 Å². The van der Waals surface area contributed by atoms with Crippen molar-refractivity contribution in [2.45, 2.75) is 33.3 Å². The van der Waals surface area contributed by atoms with E-state index in [4.69, 9.17) is 16.3 Å². The normalized spacial score (nSPS) is 13.2. The minimum Gasteiger partial charge on any atom is -0.473 e. The van der Waals surface area contributed by atoms with Crippen molar-refractivity contribution in [2.24, 2.45) is 5.92 Å². The quantitative estimate of drug-likeness (QED) is 0.852. The Labute approximate surface area is 105 Å². The third-order valence-electron chi connectivity index (χ3n) is 2.34. The first-order valence-electron chi connectivity index (χ1n) is 5.59. The molecule has 0 bridgehead atoms. The Morgan fingerprint density at radius 1 is 1.35 bits per heavy atom. The van der Waals surface area contributed by atoms with E-state index in [0.29, 0.717) is 23.0 Å². The Balaban J connectivity index is 2.25. The van der Waals surface area contributed by atoms with Crippen LogP contribution in [-0.2, 0) is 0 Å². The molecule has 0 amide bonds. The molecule has 1 N–H and O–H groups in total. The highest BCUT2D eigenvalue weighted by Crippen LogP contribution is 2.23. The van der Waals surface area contributed by atoms with Gasteiger partial charge in [0, 0.05) is 0 Å². The molecule has 0 aromatic carbocycles. The van der Waals surface area contributed by atoms with Crippen molar-refractivity contribution in [3.8, 4) is 5.88 Å². The van der Waals surface area contributed by atoms with E-state index in [-0.39, 0.29) is 11.4 Å². The minimum atomic E-state index is 0.0764. The largest absolute Gasteiger partial charge is 0.473 e. The summed E-state index contributed by atoms with van der Waals surface area (Å²) in [5.41, 5.74) is 1.21. The molecule has 2 rings (SSSR count). The molecule has 5 nitrogen and oxygen atoms in total. The maximum atomic E-state index is 5.81. The van der Waals surface area contributed by atoms with Crippen molar-refractivity contribution < 1.29 is 4.74 Å². The molecule has 1 unspecified atom stereocenters. The SMILES string of the molecule is CC(C)CC(C)Oc1nc(Cl)nc2nc[nH]c12. The zero-order valence-electron chi connectivity index (χ0n) is 10.1. The fourth-order valence-electron chi connectivity index (χ4n) is 1.77. The number of aromatic amines is 1. The Morgan fingerprint density at radius 3 is 2.82 bits per heavy atom. The molecule has 1 atom stereocenters. The van der Waals surface area contributed by atoms with Crippen molar-refractivity contribution in [3.05, 3.63) is 11.6 Å². The van der Waals surface area contributed by atoms with Gasteiger partial charge in [0.05, 0.1) is 12.4 Å². The first kappa shape index (κ1) is 12.1. The summed E-state index contributed by atoms with van der Waals surface area (Å²) in [5.74, 6) is 1.03. The van der Waals surface area contributed by atoms with Crippen LogP contribution in [0.15, 0.2) is 6.33 Å². The summed E-state index contributed by atoms with van der Waals surface area (Å²) in [6, 6.07) is 0. The molecule has 0 saturated carbocycles. The number of rotatable bonds is 4. The summed E-state index contributed by atoms with van der Waals surface area (Å²) in [5, 5.41) is 0.149. The van der Waals surface area contributed by atoms with Crippen LogP contribution >= 0.6 is 11.6 Å². The summed E-state index contributed by atoms with van der Waals surface area (Å²) in [7, 11) is 0. The van der Waals surface area contributed by atoms with Crippen LogP contribution in [-0.4, -0.2) is 26.0 Å². The number of nitrogens with one attached hydrogen (secondary N) is 1. The summed E-state index contributed by atoms with van der Waals surface area (Å²) in [4.78, 5) is 15.1. The molecule has 2 aromatic rings. The van der Waals surface area contributed by atoms with Crippen LogP contribution in [0.3, 0.4) is 0 Å². The second-order valence-electron chi connectivity index (χ2n) is 4.46. The van der Waals surface area contributed by atoms with Crippen molar-refractivity contribution in [2.75, 3.05) is 0 Å². The van der Waals surface area contributed by atoms with E-state index in [9.17, 15) is 0 Å². The Kier molecular flexibility index (Phi) is 3.47. The lowest BCUT2D eigenvalue weighted by molar-refractivity contribution is 0.188. The van der Waals surface area contributed by atoms with Gasteiger partial charge in [-0.1, -0.05) is 13.8 Å². The van der Waals surface area contributed by atoms with E-state index in [1.165, 1.54) is 0 Å². The van der Waals surface area contributed by atoms with Gasteiger partial charge in [0.1, 0.15) is 5.52 Å². The molecule has 2 aromatic heterocycles. The topological polar surface area (TPSA) is 63.7 Å². The summed E-state index contributed by atoms with van der Waals surface area (Å²) < 4.78 is 5.77. The van der Waals surface area contributed by atoms with Gasteiger partial charge in [-0.05, 0) is 30.9 Å². The first-order valence-corrected chi connectivity index (χ1v) is 5.97. The van der Waals surface area contributed by atoms with E-state index >= 15 is 0 Å². The maximum absolute atomic E-state index is 5.81. The van der Waals surface area contributed by atoms with E-state index in [1.807, 2.05) is 6.92 Å². The second-order valence-corrected chi connectivity index (χ2v) is 4.80. The van der Waals surface area contributed by atoms with Gasteiger partial charge in [0.15, 0.2) is 5.65 Å². The third-order valence-corrected chi connectivity index (χ3v) is 2.51. The van der Waals surface area contributed by atoms with Gasteiger partial charge in [-0.2, -0.15) is 9.97 Å². The van der Waals surface area contributed by atoms with Crippen LogP contribution in [0.2, 0.25) is 5.28 Å². The summed E-state index contributed by atoms with van der Waals surface area (Å²) >= 11 is 5.81. The van der Waals surface area contributed by atoms with E-state index in [1.54, 1.807) is 6.33 Å². The van der Waals surface area contributed by atoms with Crippen LogP contribution in [0.4, 0.5) is 0 Å². The number of H-pyrrole nitrogens is 1. The van der Waals surface area contributed by atoms with Crippen LogP contribution in [0.1, 0.15) is 27.2 Å². The molecule has 0 aliphatic carbocycles. The molecule has 2 heterocycles. The highest BCUT2D eigenvalue weighted by molar-refractivity contribution is 6.28. The maximum Gasteiger partial charge on any atom is 0.244 e. The molecule has 6 heteroatoms. The number of hydrogen-bond acceptors (Lipinski definition) is 4. The average Bonchev–Trinajstić information content (AvgIpc) is 2.63. The average molecular weight is 255 g/mol. The van der Waals surface area contributed by atoms with Gasteiger partial charge in [-0.15, -0.1) is 0 Å². The Bertz CT molecular complexity index is 511. The number of aromatic nitrogens is 4. The zero-order chi connectivity index (χ0) is 12.4. The molecule has 0 spiro atoms. The monoisotopic (exact) mass is 254 g/mol. The number of ether oxygens (including phenoxy) is 1. The molecule has 17 heavy (non-hydrogen) atoms. The zero-order valence-corrected chi connectivity index (χ0v) is 10.8. The fourth-order valence-corrected chi connectivity index (χ4v) is 1.93. The van der Waals surface area contributed by atoms with Crippen LogP contribution in [0, 0.1) is 5.92 Å². The highest BCUT2D eigenvalue weighted by atomic mass is 35.5. The summed E-state index contributed by atoms with van der Waals surface area (Å²) in [6.07, 6.45) is 2.58. The molecule has 0 aliphatic rings. The molecule has 0 radical (unpaired) electrons. The third kappa shape index (κ3) is 2.85. The molecule has 0 saturated heterocycles. The van der Waals surface area contributed by atoms with Gasteiger partial charge < -0.3 is 9.72 Å². The van der Waals surface area contributed by atoms with Crippen LogP contribution in [0.25, 0.3) is 11.2 Å². The molecule has 0 fully saturated rings. The standard InChI is InChI=1S/C11H15ClN4O/c1-6(2)4-7(3)17-10-8-9(14-5-13-8)15-11(12)16-10/h5-7H,4H2,1-3H3,(H,13,14,15,16). The minimum absolute atomic E-state index is 0.0764. The van der Waals surface area contributed by atoms with Crippen molar-refractivity contribution in [1.82, 2.24) is 19.9 Å². The number of hydrogen-bond donors (Lipinski definition) is 1. The number of halogens is 1. The lowest BCUT2D eigenvalue weighted by Crippen LogP contribution is -2.15. The van der Waals surface area contributed by atoms with E-state index in [0.717, 1.165) is 6.42 Å². The fraction of sp³-hybridized carbons (Fsp3) is 0.545. The number of imidazole rings is 1. The number of fused-ring (bicyclic) bond motifs is 1. The highest BCUT2D eigenvalue weighted by Gasteiger charge is 2.14. The van der Waals surface area contributed by atoms with Gasteiger partial charge in [-0.25, -0.2) is 4.98 Å².